The third kappa shape index (κ3) is 2.28. The lowest BCUT2D eigenvalue weighted by atomic mass is 10.2. The van der Waals surface area contributed by atoms with Gasteiger partial charge in [0.15, 0.2) is 0 Å². The van der Waals surface area contributed by atoms with Gasteiger partial charge in [0.05, 0.1) is 6.20 Å². The molecule has 0 saturated heterocycles. The molecular formula is C11H11NO3. The highest BCUT2D eigenvalue weighted by Gasteiger charge is 2.03. The molecule has 4 heteroatoms. The number of rotatable bonds is 3. The summed E-state index contributed by atoms with van der Waals surface area (Å²) < 4.78 is 11.5. The van der Waals surface area contributed by atoms with Crippen LogP contribution in [-0.4, -0.2) is 4.57 Å². The van der Waals surface area contributed by atoms with Gasteiger partial charge in [-0.05, 0) is 5.56 Å². The van der Waals surface area contributed by atoms with Crippen LogP contribution in [0.4, 0.5) is 0 Å². The maximum absolute atomic E-state index is 11.0. The van der Waals surface area contributed by atoms with Crippen molar-refractivity contribution in [3.05, 3.63) is 52.6 Å². The van der Waals surface area contributed by atoms with Gasteiger partial charge >= 0.3 is 11.7 Å². The number of oxazole rings is 1. The van der Waals surface area contributed by atoms with Gasteiger partial charge in [0, 0.05) is 7.05 Å². The van der Waals surface area contributed by atoms with Crippen LogP contribution in [0.1, 0.15) is 5.56 Å². The second-order valence-corrected chi connectivity index (χ2v) is 3.20. The summed E-state index contributed by atoms with van der Waals surface area (Å²) >= 11 is 0. The van der Waals surface area contributed by atoms with Crippen LogP contribution in [0.15, 0.2) is 45.7 Å². The van der Waals surface area contributed by atoms with Crippen LogP contribution in [0.25, 0.3) is 0 Å². The quantitative estimate of drug-likeness (QED) is 0.763. The smallest absolute Gasteiger partial charge is 0.421 e. The molecule has 4 nitrogen and oxygen atoms in total. The van der Waals surface area contributed by atoms with E-state index in [2.05, 4.69) is 0 Å². The summed E-state index contributed by atoms with van der Waals surface area (Å²) in [4.78, 5) is 11.0. The molecule has 0 N–H and O–H groups in total. The Balaban J connectivity index is 2.02. The fourth-order valence-electron chi connectivity index (χ4n) is 1.19. The van der Waals surface area contributed by atoms with Crippen molar-refractivity contribution in [3.8, 4) is 5.95 Å². The van der Waals surface area contributed by atoms with Crippen LogP contribution in [0.3, 0.4) is 0 Å². The zero-order valence-electron chi connectivity index (χ0n) is 8.34. The molecule has 78 valence electrons. The predicted molar refractivity (Wildman–Crippen MR) is 54.7 cm³/mol. The summed E-state index contributed by atoms with van der Waals surface area (Å²) in [5.41, 5.74) is 1.03. The standard InChI is InChI=1S/C11H11NO3/c1-12-7-10(15-11(12)13)14-8-9-5-3-2-4-6-9/h2-7H,8H2,1H3. The molecule has 0 atom stereocenters. The summed E-state index contributed by atoms with van der Waals surface area (Å²) in [5.74, 6) is -0.176. The van der Waals surface area contributed by atoms with Crippen molar-refractivity contribution in [2.75, 3.05) is 0 Å². The Kier molecular flexibility index (Phi) is 2.58. The average Bonchev–Trinajstić information content (AvgIpc) is 2.57. The number of hydrogen-bond donors (Lipinski definition) is 0. The highest BCUT2D eigenvalue weighted by Crippen LogP contribution is 2.09. The molecule has 0 saturated carbocycles. The van der Waals surface area contributed by atoms with Gasteiger partial charge in [0.1, 0.15) is 6.61 Å². The Morgan fingerprint density at radius 3 is 2.67 bits per heavy atom. The lowest BCUT2D eigenvalue weighted by Crippen LogP contribution is -2.07. The summed E-state index contributed by atoms with van der Waals surface area (Å²) in [6.45, 7) is 0.397. The summed E-state index contributed by atoms with van der Waals surface area (Å²) in [5, 5.41) is 0. The molecule has 0 aliphatic carbocycles. The van der Waals surface area contributed by atoms with Crippen LogP contribution in [0, 0.1) is 0 Å². The molecule has 0 aliphatic rings. The molecule has 15 heavy (non-hydrogen) atoms. The molecule has 0 radical (unpaired) electrons. The number of hydrogen-bond acceptors (Lipinski definition) is 3. The largest absolute Gasteiger partial charge is 0.459 e. The SMILES string of the molecule is Cn1cc(OCc2ccccc2)oc1=O. The minimum absolute atomic E-state index is 0.242. The van der Waals surface area contributed by atoms with E-state index in [-0.39, 0.29) is 5.95 Å². The van der Waals surface area contributed by atoms with Crippen molar-refractivity contribution >= 4 is 0 Å². The molecular weight excluding hydrogens is 194 g/mol. The van der Waals surface area contributed by atoms with Gasteiger partial charge in [0.2, 0.25) is 0 Å². The lowest BCUT2D eigenvalue weighted by molar-refractivity contribution is 0.226. The molecule has 2 aromatic rings. The van der Waals surface area contributed by atoms with Crippen LogP contribution in [0.5, 0.6) is 5.95 Å². The van der Waals surface area contributed by atoms with Gasteiger partial charge in [-0.25, -0.2) is 4.79 Å². The Morgan fingerprint density at radius 2 is 2.07 bits per heavy atom. The van der Waals surface area contributed by atoms with Crippen molar-refractivity contribution in [2.45, 2.75) is 6.61 Å². The van der Waals surface area contributed by atoms with Crippen molar-refractivity contribution in [1.82, 2.24) is 4.57 Å². The van der Waals surface area contributed by atoms with Gasteiger partial charge in [-0.15, -0.1) is 0 Å². The van der Waals surface area contributed by atoms with Crippen molar-refractivity contribution in [1.29, 1.82) is 0 Å². The number of aromatic nitrogens is 1. The second-order valence-electron chi connectivity index (χ2n) is 3.20. The minimum Gasteiger partial charge on any atom is -0.459 e. The summed E-state index contributed by atoms with van der Waals surface area (Å²) in [6, 6.07) is 9.69. The summed E-state index contributed by atoms with van der Waals surface area (Å²) in [7, 11) is 1.61. The number of nitrogens with zero attached hydrogens (tertiary/aromatic N) is 1. The maximum atomic E-state index is 11.0. The van der Waals surface area contributed by atoms with Gasteiger partial charge in [-0.1, -0.05) is 30.3 Å². The van der Waals surface area contributed by atoms with E-state index in [0.29, 0.717) is 6.61 Å². The van der Waals surface area contributed by atoms with Crippen LogP contribution in [0.2, 0.25) is 0 Å². The third-order valence-corrected chi connectivity index (χ3v) is 2.00. The Labute approximate surface area is 86.7 Å². The second kappa shape index (κ2) is 4.04. The Bertz CT molecular complexity index is 484. The third-order valence-electron chi connectivity index (χ3n) is 2.00. The van der Waals surface area contributed by atoms with Crippen LogP contribution < -0.4 is 10.5 Å². The lowest BCUT2D eigenvalue weighted by Gasteiger charge is -2.00. The molecule has 1 heterocycles. The first kappa shape index (κ1) is 9.58. The highest BCUT2D eigenvalue weighted by atomic mass is 16.6. The van der Waals surface area contributed by atoms with E-state index in [1.54, 1.807) is 7.05 Å². The van der Waals surface area contributed by atoms with E-state index < -0.39 is 5.76 Å². The molecule has 0 unspecified atom stereocenters. The zero-order chi connectivity index (χ0) is 10.7. The van der Waals surface area contributed by atoms with Crippen molar-refractivity contribution < 1.29 is 9.15 Å². The molecule has 1 aromatic carbocycles. The molecule has 0 bridgehead atoms. The maximum Gasteiger partial charge on any atom is 0.421 e. The van der Waals surface area contributed by atoms with Gasteiger partial charge in [0.25, 0.3) is 0 Å². The monoisotopic (exact) mass is 205 g/mol. The number of aryl methyl sites for hydroxylation is 1. The fraction of sp³-hybridized carbons (Fsp3) is 0.182. The fourth-order valence-corrected chi connectivity index (χ4v) is 1.19. The Hall–Kier alpha value is -1.97. The van der Waals surface area contributed by atoms with E-state index >= 15 is 0 Å². The van der Waals surface area contributed by atoms with Crippen molar-refractivity contribution in [3.63, 3.8) is 0 Å². The number of ether oxygens (including phenoxy) is 1. The Morgan fingerprint density at radius 1 is 1.33 bits per heavy atom. The van der Waals surface area contributed by atoms with Gasteiger partial charge in [-0.2, -0.15) is 0 Å². The number of benzene rings is 1. The van der Waals surface area contributed by atoms with Crippen LogP contribution >= 0.6 is 0 Å². The molecule has 0 amide bonds. The molecule has 0 spiro atoms. The first-order valence-electron chi connectivity index (χ1n) is 4.59. The van der Waals surface area contributed by atoms with Gasteiger partial charge < -0.3 is 9.15 Å². The molecule has 0 fully saturated rings. The molecule has 0 aliphatic heterocycles. The topological polar surface area (TPSA) is 44.4 Å². The van der Waals surface area contributed by atoms with E-state index in [1.807, 2.05) is 30.3 Å². The molecule has 1 aromatic heterocycles. The van der Waals surface area contributed by atoms with E-state index in [1.165, 1.54) is 10.8 Å². The van der Waals surface area contributed by atoms with Gasteiger partial charge in [-0.3, -0.25) is 4.57 Å². The average molecular weight is 205 g/mol. The van der Waals surface area contributed by atoms with E-state index in [9.17, 15) is 4.79 Å². The highest BCUT2D eigenvalue weighted by molar-refractivity contribution is 5.14. The van der Waals surface area contributed by atoms with E-state index in [4.69, 9.17) is 9.15 Å². The normalized spacial score (nSPS) is 10.2. The minimum atomic E-state index is -0.418. The van der Waals surface area contributed by atoms with Crippen molar-refractivity contribution in [2.24, 2.45) is 7.05 Å². The van der Waals surface area contributed by atoms with Crippen LogP contribution in [-0.2, 0) is 13.7 Å². The molecule has 2 rings (SSSR count). The summed E-state index contributed by atoms with van der Waals surface area (Å²) in [6.07, 6.45) is 1.52. The zero-order valence-corrected chi connectivity index (χ0v) is 8.34. The predicted octanol–water partition coefficient (Wildman–Crippen LogP) is 1.56. The van der Waals surface area contributed by atoms with E-state index in [0.717, 1.165) is 5.56 Å². The first-order chi connectivity index (χ1) is 7.25. The first-order valence-corrected chi connectivity index (χ1v) is 4.59.